The summed E-state index contributed by atoms with van der Waals surface area (Å²) in [4.78, 5) is 11.6. The third-order valence-corrected chi connectivity index (χ3v) is 2.81. The summed E-state index contributed by atoms with van der Waals surface area (Å²) in [5.74, 6) is -0.226. The Balaban J connectivity index is 2.42. The molecule has 0 saturated carbocycles. The minimum absolute atomic E-state index is 0.226. The molecule has 0 bridgehead atoms. The molecule has 0 aliphatic carbocycles. The second-order valence-corrected chi connectivity index (χ2v) is 3.95. The first-order chi connectivity index (χ1) is 7.62. The minimum atomic E-state index is -0.609. The number of aryl methyl sites for hydroxylation is 1. The van der Waals surface area contributed by atoms with Crippen LogP contribution in [0.15, 0.2) is 18.5 Å². The lowest BCUT2D eigenvalue weighted by atomic mass is 9.96. The topological polar surface area (TPSA) is 56.2 Å². The average Bonchev–Trinajstić information content (AvgIpc) is 2.80. The fourth-order valence-corrected chi connectivity index (χ4v) is 1.58. The number of hydrogen-bond donors (Lipinski definition) is 1. The Hall–Kier alpha value is -1.36. The number of ether oxygens (including phenoxy) is 1. The monoisotopic (exact) mass is 225 g/mol. The van der Waals surface area contributed by atoms with Crippen molar-refractivity contribution in [2.75, 3.05) is 14.2 Å². The average molecular weight is 225 g/mol. The molecule has 0 aromatic carbocycles. The second-order valence-electron chi connectivity index (χ2n) is 3.95. The molecule has 1 N–H and O–H groups in total. The van der Waals surface area contributed by atoms with Crippen LogP contribution in [0.25, 0.3) is 0 Å². The molecule has 5 nitrogen and oxygen atoms in total. The zero-order valence-electron chi connectivity index (χ0n) is 10.1. The number of esters is 1. The number of nitrogens with zero attached hydrogens (tertiary/aromatic N) is 2. The third kappa shape index (κ3) is 3.06. The summed E-state index contributed by atoms with van der Waals surface area (Å²) in [6, 6.07) is 1.89. The maximum atomic E-state index is 11.6. The highest BCUT2D eigenvalue weighted by Crippen LogP contribution is 2.14. The minimum Gasteiger partial charge on any atom is -0.468 e. The van der Waals surface area contributed by atoms with Crippen molar-refractivity contribution in [2.24, 2.45) is 0 Å². The highest BCUT2D eigenvalue weighted by Gasteiger charge is 2.31. The van der Waals surface area contributed by atoms with E-state index in [9.17, 15) is 4.79 Å². The van der Waals surface area contributed by atoms with Gasteiger partial charge < -0.3 is 10.1 Å². The largest absolute Gasteiger partial charge is 0.468 e. The molecule has 90 valence electrons. The normalized spacial score (nSPS) is 14.4. The van der Waals surface area contributed by atoms with E-state index in [-0.39, 0.29) is 5.97 Å². The van der Waals surface area contributed by atoms with E-state index in [2.05, 4.69) is 10.4 Å². The number of carbonyl (C=O) groups is 1. The number of hydrogen-bond acceptors (Lipinski definition) is 4. The number of carbonyl (C=O) groups excluding carboxylic acids is 1. The van der Waals surface area contributed by atoms with Gasteiger partial charge in [-0.3, -0.25) is 9.48 Å². The molecule has 0 saturated heterocycles. The molecular weight excluding hydrogens is 206 g/mol. The van der Waals surface area contributed by atoms with Crippen molar-refractivity contribution < 1.29 is 9.53 Å². The Morgan fingerprint density at radius 3 is 2.88 bits per heavy atom. The van der Waals surface area contributed by atoms with E-state index in [0.717, 1.165) is 19.4 Å². The molecule has 5 heteroatoms. The van der Waals surface area contributed by atoms with Crippen LogP contribution in [0, 0.1) is 0 Å². The van der Waals surface area contributed by atoms with E-state index in [0.29, 0.717) is 0 Å². The first kappa shape index (κ1) is 12.7. The predicted octanol–water partition coefficient (Wildman–Crippen LogP) is 0.814. The summed E-state index contributed by atoms with van der Waals surface area (Å²) in [7, 11) is 3.18. The Kier molecular flexibility index (Phi) is 4.49. The van der Waals surface area contributed by atoms with Crippen LogP contribution >= 0.6 is 0 Å². The maximum absolute atomic E-state index is 11.6. The molecule has 0 spiro atoms. The maximum Gasteiger partial charge on any atom is 0.325 e. The van der Waals surface area contributed by atoms with E-state index in [1.54, 1.807) is 13.2 Å². The lowest BCUT2D eigenvalue weighted by Crippen LogP contribution is -2.48. The Bertz CT molecular complexity index is 324. The van der Waals surface area contributed by atoms with Crippen molar-refractivity contribution in [3.8, 4) is 0 Å². The van der Waals surface area contributed by atoms with Crippen LogP contribution in [0.2, 0.25) is 0 Å². The van der Waals surface area contributed by atoms with Gasteiger partial charge in [0, 0.05) is 18.9 Å². The molecule has 1 aromatic heterocycles. The van der Waals surface area contributed by atoms with Crippen molar-refractivity contribution >= 4 is 5.97 Å². The van der Waals surface area contributed by atoms with Crippen LogP contribution in [0.1, 0.15) is 19.8 Å². The van der Waals surface area contributed by atoms with Crippen LogP contribution in [0.5, 0.6) is 0 Å². The fourth-order valence-electron chi connectivity index (χ4n) is 1.58. The summed E-state index contributed by atoms with van der Waals surface area (Å²) < 4.78 is 6.62. The van der Waals surface area contributed by atoms with Gasteiger partial charge in [-0.1, -0.05) is 0 Å². The van der Waals surface area contributed by atoms with E-state index >= 15 is 0 Å². The van der Waals surface area contributed by atoms with Gasteiger partial charge in [0.05, 0.1) is 7.11 Å². The van der Waals surface area contributed by atoms with Gasteiger partial charge in [0.15, 0.2) is 0 Å². The summed E-state index contributed by atoms with van der Waals surface area (Å²) in [6.45, 7) is 2.66. The summed E-state index contributed by atoms with van der Waals surface area (Å²) >= 11 is 0. The first-order valence-corrected chi connectivity index (χ1v) is 5.37. The van der Waals surface area contributed by atoms with Crippen LogP contribution in [-0.4, -0.2) is 35.4 Å². The van der Waals surface area contributed by atoms with E-state index in [4.69, 9.17) is 4.74 Å². The Labute approximate surface area is 95.8 Å². The number of aromatic nitrogens is 2. The number of likely N-dealkylation sites (N-methyl/N-ethyl adjacent to an activating group) is 1. The van der Waals surface area contributed by atoms with Crippen LogP contribution in [0.4, 0.5) is 0 Å². The summed E-state index contributed by atoms with van der Waals surface area (Å²) in [6.07, 6.45) is 5.25. The van der Waals surface area contributed by atoms with E-state index in [1.165, 1.54) is 7.11 Å². The second kappa shape index (κ2) is 5.65. The van der Waals surface area contributed by atoms with Gasteiger partial charge in [0.1, 0.15) is 5.54 Å². The SMILES string of the molecule is CNC(C)(CCCn1cccn1)C(=O)OC. The van der Waals surface area contributed by atoms with Crippen molar-refractivity contribution in [1.82, 2.24) is 15.1 Å². The molecule has 0 fully saturated rings. The van der Waals surface area contributed by atoms with Gasteiger partial charge in [-0.05, 0) is 32.9 Å². The molecule has 0 aliphatic rings. The molecular formula is C11H19N3O2. The molecule has 16 heavy (non-hydrogen) atoms. The lowest BCUT2D eigenvalue weighted by molar-refractivity contribution is -0.148. The van der Waals surface area contributed by atoms with Crippen molar-refractivity contribution in [2.45, 2.75) is 31.8 Å². The highest BCUT2D eigenvalue weighted by atomic mass is 16.5. The van der Waals surface area contributed by atoms with Gasteiger partial charge in [0.25, 0.3) is 0 Å². The van der Waals surface area contributed by atoms with Crippen LogP contribution in [-0.2, 0) is 16.1 Å². The molecule has 0 radical (unpaired) electrons. The zero-order valence-corrected chi connectivity index (χ0v) is 10.1. The van der Waals surface area contributed by atoms with Crippen molar-refractivity contribution in [1.29, 1.82) is 0 Å². The molecule has 1 heterocycles. The van der Waals surface area contributed by atoms with E-state index in [1.807, 2.05) is 23.9 Å². The van der Waals surface area contributed by atoms with Gasteiger partial charge in [-0.15, -0.1) is 0 Å². The van der Waals surface area contributed by atoms with Gasteiger partial charge in [0.2, 0.25) is 0 Å². The fraction of sp³-hybridized carbons (Fsp3) is 0.636. The summed E-state index contributed by atoms with van der Waals surface area (Å²) in [5, 5.41) is 7.11. The number of rotatable bonds is 6. The van der Waals surface area contributed by atoms with Crippen molar-refractivity contribution in [3.63, 3.8) is 0 Å². The molecule has 1 rings (SSSR count). The summed E-state index contributed by atoms with van der Waals surface area (Å²) in [5.41, 5.74) is -0.609. The number of methoxy groups -OCH3 is 1. The molecule has 0 aliphatic heterocycles. The quantitative estimate of drug-likeness (QED) is 0.728. The van der Waals surface area contributed by atoms with Gasteiger partial charge >= 0.3 is 5.97 Å². The molecule has 1 unspecified atom stereocenters. The highest BCUT2D eigenvalue weighted by molar-refractivity contribution is 5.80. The van der Waals surface area contributed by atoms with Crippen LogP contribution < -0.4 is 5.32 Å². The predicted molar refractivity (Wildman–Crippen MR) is 60.9 cm³/mol. The first-order valence-electron chi connectivity index (χ1n) is 5.37. The molecule has 1 aromatic rings. The van der Waals surface area contributed by atoms with E-state index < -0.39 is 5.54 Å². The standard InChI is InChI=1S/C11H19N3O2/c1-11(12-2,10(15)16-3)6-4-8-14-9-5-7-13-14/h5,7,9,12H,4,6,8H2,1-3H3. The van der Waals surface area contributed by atoms with Gasteiger partial charge in [-0.2, -0.15) is 5.10 Å². The van der Waals surface area contributed by atoms with Crippen molar-refractivity contribution in [3.05, 3.63) is 18.5 Å². The third-order valence-electron chi connectivity index (χ3n) is 2.81. The Morgan fingerprint density at radius 1 is 1.62 bits per heavy atom. The van der Waals surface area contributed by atoms with Gasteiger partial charge in [-0.25, -0.2) is 0 Å². The lowest BCUT2D eigenvalue weighted by Gasteiger charge is -2.25. The molecule has 1 atom stereocenters. The zero-order chi connectivity index (χ0) is 12.0. The Morgan fingerprint density at radius 2 is 2.38 bits per heavy atom. The molecule has 0 amide bonds. The number of nitrogens with one attached hydrogen (secondary N) is 1. The van der Waals surface area contributed by atoms with Crippen LogP contribution in [0.3, 0.4) is 0 Å². The smallest absolute Gasteiger partial charge is 0.325 e.